The molecule has 4 nitrogen and oxygen atoms in total. The lowest BCUT2D eigenvalue weighted by atomic mass is 9.93. The quantitative estimate of drug-likeness (QED) is 0.159. The molecule has 10 aromatic carbocycles. The monoisotopic (exact) mass is 742 g/mol. The number of furan rings is 2. The number of hydrogen-bond acceptors (Lipinski definition) is 4. The molecule has 0 spiro atoms. The Hall–Kier alpha value is -7.82. The zero-order valence-electron chi connectivity index (χ0n) is 31.3. The Morgan fingerprint density at radius 2 is 0.603 bits per heavy atom. The van der Waals surface area contributed by atoms with Crippen LogP contribution in [0.5, 0.6) is 0 Å². The number of anilines is 6. The predicted molar refractivity (Wildman–Crippen MR) is 243 cm³/mol. The van der Waals surface area contributed by atoms with Gasteiger partial charge < -0.3 is 18.6 Å². The Morgan fingerprint density at radius 1 is 0.241 bits per heavy atom. The minimum Gasteiger partial charge on any atom is -0.456 e. The van der Waals surface area contributed by atoms with Crippen molar-refractivity contribution in [2.45, 2.75) is 0 Å². The van der Waals surface area contributed by atoms with Crippen molar-refractivity contribution in [3.8, 4) is 0 Å². The van der Waals surface area contributed by atoms with E-state index in [9.17, 15) is 0 Å². The number of fused-ring (bicyclic) bond motifs is 9. The molecule has 0 saturated heterocycles. The van der Waals surface area contributed by atoms with Crippen LogP contribution in [-0.4, -0.2) is 0 Å². The molecule has 0 unspecified atom stereocenters. The molecule has 2 heterocycles. The standard InChI is InChI=1S/C54H34N2O2/c1-3-17-37(18-4-1)55(39-27-29-51-45(33-39)43-23-11-13-25-49(43)57-51)53-41-21-9-7-15-35(41)32-48-47(53)31-36-16-8-10-22-42(36)54(48)56(38-19-5-2-6-20-38)40-28-30-52-46(34-40)44-24-12-14-26-50(44)58-52/h1-34H. The normalized spacial score (nSPS) is 11.8. The number of hydrogen-bond donors (Lipinski definition) is 0. The molecule has 12 aromatic rings. The first-order chi connectivity index (χ1) is 28.8. The maximum Gasteiger partial charge on any atom is 0.135 e. The highest BCUT2D eigenvalue weighted by Crippen LogP contribution is 2.51. The van der Waals surface area contributed by atoms with Crippen LogP contribution in [0.2, 0.25) is 0 Å². The Bertz CT molecular complexity index is 3290. The summed E-state index contributed by atoms with van der Waals surface area (Å²) in [5.74, 6) is 0. The minimum atomic E-state index is 0.870. The van der Waals surface area contributed by atoms with Crippen LogP contribution in [0.1, 0.15) is 0 Å². The lowest BCUT2D eigenvalue weighted by molar-refractivity contribution is 0.668. The SMILES string of the molecule is c1ccc(N(c2ccc3oc4ccccc4c3c2)c2c3ccccc3cc3c(N(c4ccccc4)c4ccc5oc6ccccc6c5c4)c4ccccc4cc23)cc1. The van der Waals surface area contributed by atoms with E-state index in [-0.39, 0.29) is 0 Å². The Kier molecular flexibility index (Phi) is 7.20. The molecule has 0 atom stereocenters. The first-order valence-corrected chi connectivity index (χ1v) is 19.7. The van der Waals surface area contributed by atoms with Gasteiger partial charge in [-0.1, -0.05) is 121 Å². The predicted octanol–water partition coefficient (Wildman–Crippen LogP) is 15.9. The van der Waals surface area contributed by atoms with Crippen LogP contribution in [0.15, 0.2) is 215 Å². The largest absolute Gasteiger partial charge is 0.456 e. The van der Waals surface area contributed by atoms with Crippen molar-refractivity contribution in [1.29, 1.82) is 0 Å². The summed E-state index contributed by atoms with van der Waals surface area (Å²) in [4.78, 5) is 4.86. The Morgan fingerprint density at radius 3 is 1.05 bits per heavy atom. The van der Waals surface area contributed by atoms with Gasteiger partial charge in [0.25, 0.3) is 0 Å². The summed E-state index contributed by atoms with van der Waals surface area (Å²) in [6, 6.07) is 73.5. The number of nitrogens with zero attached hydrogens (tertiary/aromatic N) is 2. The summed E-state index contributed by atoms with van der Waals surface area (Å²) >= 11 is 0. The van der Waals surface area contributed by atoms with Crippen molar-refractivity contribution in [2.75, 3.05) is 9.80 Å². The molecule has 0 fully saturated rings. The van der Waals surface area contributed by atoms with E-state index in [0.717, 1.165) is 110 Å². The smallest absolute Gasteiger partial charge is 0.135 e. The third-order valence-corrected chi connectivity index (χ3v) is 11.5. The molecule has 0 radical (unpaired) electrons. The molecule has 12 rings (SSSR count). The van der Waals surface area contributed by atoms with Gasteiger partial charge in [0.05, 0.1) is 11.4 Å². The molecule has 0 bridgehead atoms. The van der Waals surface area contributed by atoms with Crippen LogP contribution in [0.25, 0.3) is 76.2 Å². The zero-order chi connectivity index (χ0) is 38.2. The average Bonchev–Trinajstić information content (AvgIpc) is 3.85. The van der Waals surface area contributed by atoms with Crippen LogP contribution in [-0.2, 0) is 0 Å². The Balaban J connectivity index is 1.21. The zero-order valence-corrected chi connectivity index (χ0v) is 31.3. The van der Waals surface area contributed by atoms with Gasteiger partial charge in [-0.05, 0) is 95.7 Å². The molecule has 0 aliphatic carbocycles. The highest BCUT2D eigenvalue weighted by atomic mass is 16.3. The van der Waals surface area contributed by atoms with E-state index in [1.807, 2.05) is 24.3 Å². The molecule has 0 amide bonds. The van der Waals surface area contributed by atoms with E-state index in [1.165, 1.54) is 0 Å². The average molecular weight is 743 g/mol. The van der Waals surface area contributed by atoms with Crippen molar-refractivity contribution in [3.05, 3.63) is 206 Å². The van der Waals surface area contributed by atoms with Crippen molar-refractivity contribution in [3.63, 3.8) is 0 Å². The lowest BCUT2D eigenvalue weighted by Gasteiger charge is -2.32. The lowest BCUT2D eigenvalue weighted by Crippen LogP contribution is -2.13. The maximum absolute atomic E-state index is 6.33. The van der Waals surface area contributed by atoms with E-state index in [4.69, 9.17) is 8.83 Å². The molecular formula is C54H34N2O2. The van der Waals surface area contributed by atoms with Gasteiger partial charge in [-0.25, -0.2) is 0 Å². The fraction of sp³-hybridized carbons (Fsp3) is 0. The van der Waals surface area contributed by atoms with Crippen molar-refractivity contribution in [1.82, 2.24) is 0 Å². The second kappa shape index (κ2) is 12.9. The molecular weight excluding hydrogens is 709 g/mol. The van der Waals surface area contributed by atoms with Crippen LogP contribution in [0.4, 0.5) is 34.1 Å². The van der Waals surface area contributed by atoms with Gasteiger partial charge in [-0.2, -0.15) is 0 Å². The summed E-state index contributed by atoms with van der Waals surface area (Å²) in [6.45, 7) is 0. The summed E-state index contributed by atoms with van der Waals surface area (Å²) < 4.78 is 12.7. The van der Waals surface area contributed by atoms with Gasteiger partial charge in [0.1, 0.15) is 22.3 Å². The van der Waals surface area contributed by atoms with Crippen LogP contribution >= 0.6 is 0 Å². The fourth-order valence-corrected chi connectivity index (χ4v) is 8.98. The second-order valence-corrected chi connectivity index (χ2v) is 14.9. The molecule has 0 aliphatic rings. The third kappa shape index (κ3) is 5.02. The summed E-state index contributed by atoms with van der Waals surface area (Å²) in [5.41, 5.74) is 9.98. The van der Waals surface area contributed by atoms with E-state index in [0.29, 0.717) is 0 Å². The van der Waals surface area contributed by atoms with Gasteiger partial charge in [-0.3, -0.25) is 0 Å². The first kappa shape index (κ1) is 32.4. The molecule has 0 saturated carbocycles. The fourth-order valence-electron chi connectivity index (χ4n) is 8.98. The topological polar surface area (TPSA) is 32.8 Å². The number of rotatable bonds is 6. The van der Waals surface area contributed by atoms with Crippen LogP contribution < -0.4 is 9.80 Å². The van der Waals surface area contributed by atoms with Gasteiger partial charge in [0.2, 0.25) is 0 Å². The first-order valence-electron chi connectivity index (χ1n) is 19.7. The second-order valence-electron chi connectivity index (χ2n) is 14.9. The highest BCUT2D eigenvalue weighted by molar-refractivity contribution is 6.24. The summed E-state index contributed by atoms with van der Waals surface area (Å²) in [6.07, 6.45) is 0. The molecule has 0 aliphatic heterocycles. The van der Waals surface area contributed by atoms with Gasteiger partial charge in [0, 0.05) is 65.8 Å². The molecule has 272 valence electrons. The molecule has 58 heavy (non-hydrogen) atoms. The van der Waals surface area contributed by atoms with E-state index in [1.54, 1.807) is 0 Å². The van der Waals surface area contributed by atoms with Crippen LogP contribution in [0, 0.1) is 0 Å². The van der Waals surface area contributed by atoms with E-state index >= 15 is 0 Å². The van der Waals surface area contributed by atoms with E-state index in [2.05, 4.69) is 192 Å². The van der Waals surface area contributed by atoms with Crippen molar-refractivity contribution >= 4 is 110 Å². The summed E-state index contributed by atoms with van der Waals surface area (Å²) in [5, 5.41) is 11.3. The highest BCUT2D eigenvalue weighted by Gasteiger charge is 2.25. The number of para-hydroxylation sites is 4. The maximum atomic E-state index is 6.33. The van der Waals surface area contributed by atoms with Gasteiger partial charge >= 0.3 is 0 Å². The molecule has 4 heteroatoms. The Labute approximate surface area is 334 Å². The van der Waals surface area contributed by atoms with Gasteiger partial charge in [0.15, 0.2) is 0 Å². The van der Waals surface area contributed by atoms with E-state index < -0.39 is 0 Å². The number of benzene rings is 10. The summed E-state index contributed by atoms with van der Waals surface area (Å²) in [7, 11) is 0. The third-order valence-electron chi connectivity index (χ3n) is 11.5. The van der Waals surface area contributed by atoms with Crippen LogP contribution in [0.3, 0.4) is 0 Å². The molecule has 2 aromatic heterocycles. The minimum absolute atomic E-state index is 0.870. The molecule has 0 N–H and O–H groups in total. The van der Waals surface area contributed by atoms with Crippen molar-refractivity contribution < 1.29 is 8.83 Å². The van der Waals surface area contributed by atoms with Crippen molar-refractivity contribution in [2.24, 2.45) is 0 Å². The van der Waals surface area contributed by atoms with Gasteiger partial charge in [-0.15, -0.1) is 0 Å².